The standard InChI is InChI=1S/C21H21N5O3/c1-27-18-10-8-14(12-19(18)28-2)21-22-20(24-29-21)13-7-9-17-16(11-13)23-25-26(17)15-5-3-4-6-15/h7-12,15H,3-6H2,1-2H3. The van der Waals surface area contributed by atoms with Gasteiger partial charge in [-0.3, -0.25) is 0 Å². The lowest BCUT2D eigenvalue weighted by molar-refractivity contribution is 0.355. The van der Waals surface area contributed by atoms with Crippen LogP contribution < -0.4 is 9.47 Å². The number of nitrogens with zero attached hydrogens (tertiary/aromatic N) is 5. The third-order valence-electron chi connectivity index (χ3n) is 5.46. The molecule has 5 rings (SSSR count). The van der Waals surface area contributed by atoms with Crippen molar-refractivity contribution in [2.75, 3.05) is 14.2 Å². The SMILES string of the molecule is COc1ccc(-c2nc(-c3ccc4c(c3)nnn4C3CCCC3)no2)cc1OC. The van der Waals surface area contributed by atoms with Gasteiger partial charge in [-0.15, -0.1) is 5.10 Å². The number of rotatable bonds is 5. The second-order valence-electron chi connectivity index (χ2n) is 7.17. The van der Waals surface area contributed by atoms with E-state index < -0.39 is 0 Å². The molecule has 0 bridgehead atoms. The van der Waals surface area contributed by atoms with E-state index in [-0.39, 0.29) is 0 Å². The van der Waals surface area contributed by atoms with Crippen molar-refractivity contribution in [2.24, 2.45) is 0 Å². The fraction of sp³-hybridized carbons (Fsp3) is 0.333. The molecule has 0 aliphatic heterocycles. The normalized spacial score (nSPS) is 14.6. The Kier molecular flexibility index (Phi) is 4.38. The third-order valence-corrected chi connectivity index (χ3v) is 5.46. The number of aromatic nitrogens is 5. The van der Waals surface area contributed by atoms with Gasteiger partial charge in [0.05, 0.1) is 25.8 Å². The summed E-state index contributed by atoms with van der Waals surface area (Å²) in [5.74, 6) is 2.17. The molecule has 2 heterocycles. The minimum absolute atomic E-state index is 0.413. The molecule has 2 aromatic heterocycles. The molecule has 0 unspecified atom stereocenters. The van der Waals surface area contributed by atoms with Gasteiger partial charge in [0.15, 0.2) is 11.5 Å². The Morgan fingerprint density at radius 3 is 2.55 bits per heavy atom. The third kappa shape index (κ3) is 3.10. The molecule has 0 spiro atoms. The number of hydrogen-bond donors (Lipinski definition) is 0. The zero-order chi connectivity index (χ0) is 19.8. The topological polar surface area (TPSA) is 88.1 Å². The quantitative estimate of drug-likeness (QED) is 0.502. The van der Waals surface area contributed by atoms with E-state index in [1.165, 1.54) is 25.7 Å². The highest BCUT2D eigenvalue weighted by molar-refractivity contribution is 5.80. The van der Waals surface area contributed by atoms with Crippen LogP contribution in [0.5, 0.6) is 11.5 Å². The Morgan fingerprint density at radius 2 is 1.76 bits per heavy atom. The zero-order valence-electron chi connectivity index (χ0n) is 16.3. The van der Waals surface area contributed by atoms with Gasteiger partial charge in [-0.05, 0) is 49.2 Å². The lowest BCUT2D eigenvalue weighted by atomic mass is 10.1. The zero-order valence-corrected chi connectivity index (χ0v) is 16.3. The lowest BCUT2D eigenvalue weighted by Gasteiger charge is -2.09. The van der Waals surface area contributed by atoms with Gasteiger partial charge >= 0.3 is 0 Å². The molecule has 8 nitrogen and oxygen atoms in total. The van der Waals surface area contributed by atoms with Gasteiger partial charge in [0.2, 0.25) is 5.82 Å². The van der Waals surface area contributed by atoms with Gasteiger partial charge in [-0.1, -0.05) is 23.2 Å². The molecule has 1 saturated carbocycles. The van der Waals surface area contributed by atoms with Crippen LogP contribution in [0.25, 0.3) is 33.9 Å². The molecule has 29 heavy (non-hydrogen) atoms. The van der Waals surface area contributed by atoms with E-state index in [1.807, 2.05) is 36.4 Å². The van der Waals surface area contributed by atoms with E-state index >= 15 is 0 Å². The predicted molar refractivity (Wildman–Crippen MR) is 107 cm³/mol. The first-order valence-corrected chi connectivity index (χ1v) is 9.68. The minimum Gasteiger partial charge on any atom is -0.493 e. The van der Waals surface area contributed by atoms with Crippen LogP contribution in [0.1, 0.15) is 31.7 Å². The summed E-state index contributed by atoms with van der Waals surface area (Å²) in [6, 6.07) is 11.9. The van der Waals surface area contributed by atoms with Crippen molar-refractivity contribution in [3.05, 3.63) is 36.4 Å². The van der Waals surface area contributed by atoms with Crippen LogP contribution >= 0.6 is 0 Å². The lowest BCUT2D eigenvalue weighted by Crippen LogP contribution is -2.06. The summed E-state index contributed by atoms with van der Waals surface area (Å²) >= 11 is 0. The Bertz CT molecular complexity index is 1160. The van der Waals surface area contributed by atoms with Gasteiger partial charge in [0.1, 0.15) is 5.52 Å². The summed E-state index contributed by atoms with van der Waals surface area (Å²) in [6.45, 7) is 0. The highest BCUT2D eigenvalue weighted by Crippen LogP contribution is 2.34. The van der Waals surface area contributed by atoms with Gasteiger partial charge in [0.25, 0.3) is 5.89 Å². The molecule has 1 aliphatic carbocycles. The van der Waals surface area contributed by atoms with Gasteiger partial charge in [-0.2, -0.15) is 4.98 Å². The summed E-state index contributed by atoms with van der Waals surface area (Å²) in [5, 5.41) is 12.9. The average molecular weight is 391 g/mol. The van der Waals surface area contributed by atoms with Crippen molar-refractivity contribution in [1.29, 1.82) is 0 Å². The van der Waals surface area contributed by atoms with Gasteiger partial charge in [0, 0.05) is 11.1 Å². The maximum atomic E-state index is 5.48. The molecule has 2 aromatic carbocycles. The van der Waals surface area contributed by atoms with Crippen LogP contribution in [0.3, 0.4) is 0 Å². The first-order chi connectivity index (χ1) is 14.3. The molecule has 0 N–H and O–H groups in total. The van der Waals surface area contributed by atoms with E-state index in [0.29, 0.717) is 29.3 Å². The fourth-order valence-corrected chi connectivity index (χ4v) is 3.93. The first kappa shape index (κ1) is 17.7. The van der Waals surface area contributed by atoms with Crippen molar-refractivity contribution >= 4 is 11.0 Å². The second kappa shape index (κ2) is 7.20. The highest BCUT2D eigenvalue weighted by atomic mass is 16.5. The molecule has 0 atom stereocenters. The smallest absolute Gasteiger partial charge is 0.258 e. The van der Waals surface area contributed by atoms with Crippen molar-refractivity contribution in [2.45, 2.75) is 31.7 Å². The second-order valence-corrected chi connectivity index (χ2v) is 7.17. The molecule has 8 heteroatoms. The van der Waals surface area contributed by atoms with Crippen LogP contribution in [0.15, 0.2) is 40.9 Å². The molecular weight excluding hydrogens is 370 g/mol. The Labute approximate surface area is 167 Å². The Balaban J connectivity index is 1.46. The summed E-state index contributed by atoms with van der Waals surface area (Å²) < 4.78 is 18.2. The molecule has 1 aliphatic rings. The molecule has 0 saturated heterocycles. The Hall–Kier alpha value is -3.42. The van der Waals surface area contributed by atoms with Gasteiger partial charge < -0.3 is 14.0 Å². The predicted octanol–water partition coefficient (Wildman–Crippen LogP) is 4.28. The first-order valence-electron chi connectivity index (χ1n) is 9.68. The minimum atomic E-state index is 0.413. The summed E-state index contributed by atoms with van der Waals surface area (Å²) in [7, 11) is 3.19. The van der Waals surface area contributed by atoms with Crippen LogP contribution in [-0.2, 0) is 0 Å². The van der Waals surface area contributed by atoms with Gasteiger partial charge in [-0.25, -0.2) is 4.68 Å². The van der Waals surface area contributed by atoms with Crippen LogP contribution in [0, 0.1) is 0 Å². The van der Waals surface area contributed by atoms with Crippen molar-refractivity contribution in [1.82, 2.24) is 25.1 Å². The van der Waals surface area contributed by atoms with E-state index in [4.69, 9.17) is 14.0 Å². The molecule has 4 aromatic rings. The number of methoxy groups -OCH3 is 2. The van der Waals surface area contributed by atoms with E-state index in [2.05, 4.69) is 25.1 Å². The van der Waals surface area contributed by atoms with Crippen LogP contribution in [-0.4, -0.2) is 39.4 Å². The average Bonchev–Trinajstić information content (AvgIpc) is 3.52. The van der Waals surface area contributed by atoms with Crippen molar-refractivity contribution in [3.63, 3.8) is 0 Å². The van der Waals surface area contributed by atoms with Crippen molar-refractivity contribution < 1.29 is 14.0 Å². The maximum Gasteiger partial charge on any atom is 0.258 e. The highest BCUT2D eigenvalue weighted by Gasteiger charge is 2.21. The number of ether oxygens (including phenoxy) is 2. The Morgan fingerprint density at radius 1 is 0.966 bits per heavy atom. The van der Waals surface area contributed by atoms with Crippen LogP contribution in [0.2, 0.25) is 0 Å². The van der Waals surface area contributed by atoms with Crippen LogP contribution in [0.4, 0.5) is 0 Å². The molecule has 148 valence electrons. The number of fused-ring (bicyclic) bond motifs is 1. The summed E-state index contributed by atoms with van der Waals surface area (Å²) in [4.78, 5) is 4.54. The molecular formula is C21H21N5O3. The maximum absolute atomic E-state index is 5.48. The summed E-state index contributed by atoms with van der Waals surface area (Å²) in [6.07, 6.45) is 4.84. The summed E-state index contributed by atoms with van der Waals surface area (Å²) in [5.41, 5.74) is 3.48. The monoisotopic (exact) mass is 391 g/mol. The molecule has 1 fully saturated rings. The van der Waals surface area contributed by atoms with E-state index in [1.54, 1.807) is 14.2 Å². The number of hydrogen-bond acceptors (Lipinski definition) is 7. The molecule has 0 radical (unpaired) electrons. The molecule has 0 amide bonds. The number of benzene rings is 2. The van der Waals surface area contributed by atoms with E-state index in [0.717, 1.165) is 22.2 Å². The fourth-order valence-electron chi connectivity index (χ4n) is 3.93. The largest absolute Gasteiger partial charge is 0.493 e. The van der Waals surface area contributed by atoms with Crippen molar-refractivity contribution in [3.8, 4) is 34.3 Å². The van der Waals surface area contributed by atoms with E-state index in [9.17, 15) is 0 Å².